The minimum absolute atomic E-state index is 0.219. The van der Waals surface area contributed by atoms with Gasteiger partial charge >= 0.3 is 5.97 Å². The van der Waals surface area contributed by atoms with Gasteiger partial charge in [-0.3, -0.25) is 4.79 Å². The number of rotatable bonds is 6. The third-order valence-corrected chi connectivity index (χ3v) is 6.58. The van der Waals surface area contributed by atoms with Crippen LogP contribution in [0.2, 0.25) is 0 Å². The van der Waals surface area contributed by atoms with Crippen LogP contribution in [0.1, 0.15) is 48.3 Å². The highest BCUT2D eigenvalue weighted by atomic mass is 32.1. The lowest BCUT2D eigenvalue weighted by Gasteiger charge is -2.58. The molecule has 0 saturated heterocycles. The molecule has 0 aromatic carbocycles. The Morgan fingerprint density at radius 1 is 1.41 bits per heavy atom. The van der Waals surface area contributed by atoms with E-state index in [2.05, 4.69) is 10.3 Å². The monoisotopic (exact) mass is 392 g/mol. The van der Waals surface area contributed by atoms with Gasteiger partial charge in [-0.05, 0) is 32.9 Å². The number of amides is 1. The standard InChI is InChI=1S/C19H24N2O5S/c1-6-25-13-9-19(17(23)24,18(13,4)5)21-15(22)14-11(3)20-16(27-14)12-8-7-10(2)26-12/h7-8,13H,6,9H2,1-5H3,(H,21,22)(H,23,24). The summed E-state index contributed by atoms with van der Waals surface area (Å²) in [5.41, 5.74) is -1.56. The van der Waals surface area contributed by atoms with Gasteiger partial charge in [-0.15, -0.1) is 11.3 Å². The Balaban J connectivity index is 1.86. The normalized spacial score (nSPS) is 23.7. The van der Waals surface area contributed by atoms with Crippen LogP contribution >= 0.6 is 11.3 Å². The molecule has 2 heterocycles. The molecule has 27 heavy (non-hydrogen) atoms. The van der Waals surface area contributed by atoms with E-state index in [1.54, 1.807) is 13.0 Å². The molecule has 0 spiro atoms. The Labute approximate surface area is 161 Å². The van der Waals surface area contributed by atoms with E-state index in [1.165, 1.54) is 11.3 Å². The van der Waals surface area contributed by atoms with Crippen LogP contribution < -0.4 is 5.32 Å². The molecule has 0 bridgehead atoms. The number of aliphatic carboxylic acids is 1. The van der Waals surface area contributed by atoms with Crippen LogP contribution in [0.4, 0.5) is 0 Å². The summed E-state index contributed by atoms with van der Waals surface area (Å²) in [5.74, 6) is -0.148. The summed E-state index contributed by atoms with van der Waals surface area (Å²) in [6.45, 7) is 9.55. The molecule has 2 aromatic rings. The van der Waals surface area contributed by atoms with Crippen LogP contribution in [0.5, 0.6) is 0 Å². The van der Waals surface area contributed by atoms with E-state index in [-0.39, 0.29) is 12.5 Å². The van der Waals surface area contributed by atoms with E-state index in [0.29, 0.717) is 27.9 Å². The summed E-state index contributed by atoms with van der Waals surface area (Å²) < 4.78 is 11.2. The maximum atomic E-state index is 12.9. The maximum Gasteiger partial charge on any atom is 0.330 e. The van der Waals surface area contributed by atoms with Crippen molar-refractivity contribution in [2.45, 2.75) is 52.7 Å². The highest BCUT2D eigenvalue weighted by molar-refractivity contribution is 7.17. The van der Waals surface area contributed by atoms with E-state index < -0.39 is 22.8 Å². The lowest BCUT2D eigenvalue weighted by Crippen LogP contribution is -2.76. The quantitative estimate of drug-likeness (QED) is 0.781. The SMILES string of the molecule is CCOC1CC(NC(=O)c2sc(-c3ccc(C)o3)nc2C)(C(=O)O)C1(C)C. The number of aryl methyl sites for hydroxylation is 2. The Morgan fingerprint density at radius 3 is 2.63 bits per heavy atom. The highest BCUT2D eigenvalue weighted by Gasteiger charge is 2.66. The summed E-state index contributed by atoms with van der Waals surface area (Å²) in [7, 11) is 0. The number of hydrogen-bond acceptors (Lipinski definition) is 6. The van der Waals surface area contributed by atoms with E-state index in [9.17, 15) is 14.7 Å². The first kappa shape index (κ1) is 19.6. The molecule has 1 aliphatic carbocycles. The largest absolute Gasteiger partial charge is 0.479 e. The Morgan fingerprint density at radius 2 is 2.11 bits per heavy atom. The van der Waals surface area contributed by atoms with Crippen molar-refractivity contribution in [2.75, 3.05) is 6.61 Å². The van der Waals surface area contributed by atoms with Crippen molar-refractivity contribution in [2.24, 2.45) is 5.41 Å². The van der Waals surface area contributed by atoms with Crippen LogP contribution in [0.15, 0.2) is 16.5 Å². The van der Waals surface area contributed by atoms with Crippen LogP contribution in [-0.2, 0) is 9.53 Å². The zero-order valence-corrected chi connectivity index (χ0v) is 16.9. The summed E-state index contributed by atoms with van der Waals surface area (Å²) >= 11 is 1.19. The number of aromatic nitrogens is 1. The maximum absolute atomic E-state index is 12.9. The molecule has 2 atom stereocenters. The number of furan rings is 1. The van der Waals surface area contributed by atoms with E-state index in [1.807, 2.05) is 33.8 Å². The summed E-state index contributed by atoms with van der Waals surface area (Å²) in [5, 5.41) is 13.2. The Hall–Kier alpha value is -2.19. The van der Waals surface area contributed by atoms with Crippen molar-refractivity contribution in [3.05, 3.63) is 28.5 Å². The smallest absolute Gasteiger partial charge is 0.330 e. The second-order valence-electron chi connectivity index (χ2n) is 7.38. The van der Waals surface area contributed by atoms with Gasteiger partial charge in [0, 0.05) is 18.4 Å². The number of carboxylic acids is 1. The van der Waals surface area contributed by atoms with Gasteiger partial charge in [-0.1, -0.05) is 13.8 Å². The third-order valence-electron chi connectivity index (χ3n) is 5.41. The number of carbonyl (C=O) groups is 2. The minimum Gasteiger partial charge on any atom is -0.479 e. The van der Waals surface area contributed by atoms with Gasteiger partial charge < -0.3 is 19.6 Å². The van der Waals surface area contributed by atoms with Crippen LogP contribution in [0.25, 0.3) is 10.8 Å². The van der Waals surface area contributed by atoms with E-state index >= 15 is 0 Å². The lowest BCUT2D eigenvalue weighted by atomic mass is 9.54. The van der Waals surface area contributed by atoms with Crippen molar-refractivity contribution < 1.29 is 23.8 Å². The average molecular weight is 392 g/mol. The fourth-order valence-electron chi connectivity index (χ4n) is 3.55. The Bertz CT molecular complexity index is 885. The first-order valence-electron chi connectivity index (χ1n) is 8.84. The molecular weight excluding hydrogens is 368 g/mol. The Kier molecular flexibility index (Phi) is 4.90. The predicted octanol–water partition coefficient (Wildman–Crippen LogP) is 3.41. The third kappa shape index (κ3) is 3.06. The fraction of sp³-hybridized carbons (Fsp3) is 0.526. The molecule has 8 heteroatoms. The molecule has 2 aromatic heterocycles. The molecule has 2 N–H and O–H groups in total. The van der Waals surface area contributed by atoms with E-state index in [0.717, 1.165) is 5.76 Å². The van der Waals surface area contributed by atoms with Gasteiger partial charge in [0.15, 0.2) is 10.8 Å². The molecular formula is C19H24N2O5S. The van der Waals surface area contributed by atoms with Crippen LogP contribution in [-0.4, -0.2) is 40.2 Å². The first-order valence-corrected chi connectivity index (χ1v) is 9.65. The topological polar surface area (TPSA) is 102 Å². The number of hydrogen-bond donors (Lipinski definition) is 2. The van der Waals surface area contributed by atoms with Crippen molar-refractivity contribution >= 4 is 23.2 Å². The zero-order chi connectivity index (χ0) is 20.0. The number of nitrogens with one attached hydrogen (secondary N) is 1. The number of ether oxygens (including phenoxy) is 1. The summed E-state index contributed by atoms with van der Waals surface area (Å²) in [4.78, 5) is 29.7. The zero-order valence-electron chi connectivity index (χ0n) is 16.1. The molecule has 0 radical (unpaired) electrons. The predicted molar refractivity (Wildman–Crippen MR) is 101 cm³/mol. The van der Waals surface area contributed by atoms with Gasteiger partial charge in [0.1, 0.15) is 16.2 Å². The highest BCUT2D eigenvalue weighted by Crippen LogP contribution is 2.51. The molecule has 7 nitrogen and oxygen atoms in total. The second kappa shape index (κ2) is 6.76. The van der Waals surface area contributed by atoms with Gasteiger partial charge in [0.25, 0.3) is 5.91 Å². The molecule has 1 saturated carbocycles. The fourth-order valence-corrected chi connectivity index (χ4v) is 4.47. The summed E-state index contributed by atoms with van der Waals surface area (Å²) in [6.07, 6.45) is 0.0138. The van der Waals surface area contributed by atoms with Crippen molar-refractivity contribution in [3.8, 4) is 10.8 Å². The molecule has 2 unspecified atom stereocenters. The first-order chi connectivity index (χ1) is 12.6. The van der Waals surface area contributed by atoms with Crippen molar-refractivity contribution in [1.82, 2.24) is 10.3 Å². The molecule has 3 rings (SSSR count). The van der Waals surface area contributed by atoms with E-state index in [4.69, 9.17) is 9.15 Å². The molecule has 1 aliphatic rings. The van der Waals surface area contributed by atoms with Gasteiger partial charge in [0.2, 0.25) is 0 Å². The molecule has 146 valence electrons. The average Bonchev–Trinajstić information content (AvgIpc) is 3.19. The second-order valence-corrected chi connectivity index (χ2v) is 8.38. The summed E-state index contributed by atoms with van der Waals surface area (Å²) in [6, 6.07) is 3.63. The van der Waals surface area contributed by atoms with Gasteiger partial charge in [-0.2, -0.15) is 0 Å². The number of thiazole rings is 1. The molecule has 1 fully saturated rings. The van der Waals surface area contributed by atoms with Crippen molar-refractivity contribution in [1.29, 1.82) is 0 Å². The van der Waals surface area contributed by atoms with Crippen LogP contribution in [0, 0.1) is 19.3 Å². The number of carboxylic acid groups (broad SMARTS) is 1. The number of nitrogens with zero attached hydrogens (tertiary/aromatic N) is 1. The lowest BCUT2D eigenvalue weighted by molar-refractivity contribution is -0.190. The van der Waals surface area contributed by atoms with Crippen molar-refractivity contribution in [3.63, 3.8) is 0 Å². The molecule has 0 aliphatic heterocycles. The molecule has 1 amide bonds. The van der Waals surface area contributed by atoms with Gasteiger partial charge in [0.05, 0.1) is 11.8 Å². The minimum atomic E-state index is -1.37. The van der Waals surface area contributed by atoms with Crippen LogP contribution in [0.3, 0.4) is 0 Å². The number of carbonyl (C=O) groups excluding carboxylic acids is 1. The van der Waals surface area contributed by atoms with Gasteiger partial charge in [-0.25, -0.2) is 9.78 Å².